The van der Waals surface area contributed by atoms with Crippen molar-refractivity contribution in [2.24, 2.45) is 0 Å². The van der Waals surface area contributed by atoms with Crippen LogP contribution in [0.2, 0.25) is 0 Å². The van der Waals surface area contributed by atoms with Gasteiger partial charge in [0.05, 0.1) is 5.75 Å². The Morgan fingerprint density at radius 3 is 1.88 bits per heavy atom. The molecular weight excluding hydrogens is 156 g/mol. The second kappa shape index (κ2) is 4.99. The van der Waals surface area contributed by atoms with Crippen molar-refractivity contribution in [1.29, 1.82) is 0 Å². The van der Waals surface area contributed by atoms with Crippen molar-refractivity contribution in [3.8, 4) is 0 Å². The summed E-state index contributed by atoms with van der Waals surface area (Å²) in [6, 6.07) is 0. The zero-order valence-electron chi connectivity index (χ0n) is 4.79. The second-order valence-electron chi connectivity index (χ2n) is 1.29. The van der Waals surface area contributed by atoms with E-state index in [-0.39, 0.29) is 43.5 Å². The van der Waals surface area contributed by atoms with Crippen molar-refractivity contribution < 1.29 is 13.0 Å². The molecule has 0 rings (SSSR count). The Hall–Kier alpha value is 1.17. The van der Waals surface area contributed by atoms with Gasteiger partial charge in [-0.2, -0.15) is 8.42 Å². The molecule has 1 N–H and O–H groups in total. The van der Waals surface area contributed by atoms with E-state index < -0.39 is 10.1 Å². The third kappa shape index (κ3) is 10.2. The van der Waals surface area contributed by atoms with Crippen molar-refractivity contribution in [3.63, 3.8) is 0 Å². The summed E-state index contributed by atoms with van der Waals surface area (Å²) in [7, 11) is -3.67. The smallest absolute Gasteiger partial charge is 0.264 e. The molecule has 0 amide bonds. The fourth-order valence-electron chi connectivity index (χ4n) is 0.258. The van der Waals surface area contributed by atoms with Crippen LogP contribution in [0.5, 0.6) is 0 Å². The molecule has 8 heavy (non-hydrogen) atoms. The minimum Gasteiger partial charge on any atom is -0.286 e. The Balaban J connectivity index is 0. The molecular formula is C3H8CaO3S. The molecule has 0 bridgehead atoms. The van der Waals surface area contributed by atoms with Crippen molar-refractivity contribution in [3.05, 3.63) is 0 Å². The molecule has 0 unspecified atom stereocenters. The van der Waals surface area contributed by atoms with Crippen LogP contribution in [0, 0.1) is 0 Å². The summed E-state index contributed by atoms with van der Waals surface area (Å²) in [6.07, 6.45) is 0.471. The minimum atomic E-state index is -3.67. The first-order chi connectivity index (χ1) is 3.06. The van der Waals surface area contributed by atoms with Gasteiger partial charge in [-0.25, -0.2) is 0 Å². The van der Waals surface area contributed by atoms with E-state index >= 15 is 0 Å². The molecule has 0 aliphatic heterocycles. The van der Waals surface area contributed by atoms with E-state index in [2.05, 4.69) is 0 Å². The van der Waals surface area contributed by atoms with Gasteiger partial charge in [0.25, 0.3) is 10.1 Å². The van der Waals surface area contributed by atoms with Gasteiger partial charge in [-0.1, -0.05) is 6.92 Å². The number of hydrogen-bond donors (Lipinski definition) is 1. The van der Waals surface area contributed by atoms with Crippen LogP contribution in [0.3, 0.4) is 0 Å². The molecule has 0 aromatic carbocycles. The molecule has 2 radical (unpaired) electrons. The van der Waals surface area contributed by atoms with Crippen LogP contribution < -0.4 is 0 Å². The van der Waals surface area contributed by atoms with E-state index in [4.69, 9.17) is 4.55 Å². The number of hydrogen-bond acceptors (Lipinski definition) is 2. The van der Waals surface area contributed by atoms with Crippen LogP contribution in [0.4, 0.5) is 0 Å². The number of rotatable bonds is 2. The summed E-state index contributed by atoms with van der Waals surface area (Å²) < 4.78 is 27.6. The molecule has 0 aliphatic carbocycles. The van der Waals surface area contributed by atoms with Gasteiger partial charge in [0.2, 0.25) is 0 Å². The SMILES string of the molecule is CCCS(=O)(=O)O.[Ca]. The molecule has 0 heterocycles. The van der Waals surface area contributed by atoms with Gasteiger partial charge < -0.3 is 0 Å². The molecule has 0 aromatic heterocycles. The molecule has 46 valence electrons. The van der Waals surface area contributed by atoms with Gasteiger partial charge in [-0.05, 0) is 6.42 Å². The normalized spacial score (nSPS) is 10.2. The van der Waals surface area contributed by atoms with Gasteiger partial charge >= 0.3 is 0 Å². The van der Waals surface area contributed by atoms with Gasteiger partial charge in [0.15, 0.2) is 0 Å². The van der Waals surface area contributed by atoms with Crippen molar-refractivity contribution in [1.82, 2.24) is 0 Å². The quantitative estimate of drug-likeness (QED) is 0.458. The van der Waals surface area contributed by atoms with Crippen LogP contribution in [0.1, 0.15) is 13.3 Å². The Morgan fingerprint density at radius 2 is 1.88 bits per heavy atom. The first kappa shape index (κ1) is 11.9. The largest absolute Gasteiger partial charge is 0.286 e. The third-order valence-corrected chi connectivity index (χ3v) is 1.39. The van der Waals surface area contributed by atoms with Gasteiger partial charge in [-0.3, -0.25) is 4.55 Å². The van der Waals surface area contributed by atoms with E-state index in [0.29, 0.717) is 6.42 Å². The van der Waals surface area contributed by atoms with Crippen LogP contribution >= 0.6 is 0 Å². The summed E-state index contributed by atoms with van der Waals surface area (Å²) in [6.45, 7) is 1.69. The second-order valence-corrected chi connectivity index (χ2v) is 2.86. The van der Waals surface area contributed by atoms with Gasteiger partial charge in [-0.15, -0.1) is 0 Å². The predicted octanol–water partition coefficient (Wildman–Crippen LogP) is -0.0966. The Labute approximate surface area is 79.2 Å². The maximum absolute atomic E-state index is 9.79. The molecule has 5 heteroatoms. The molecule has 0 spiro atoms. The maximum Gasteiger partial charge on any atom is 0.264 e. The summed E-state index contributed by atoms with van der Waals surface area (Å²) in [5.41, 5.74) is 0. The summed E-state index contributed by atoms with van der Waals surface area (Å²) in [5.74, 6) is -0.132. The maximum atomic E-state index is 9.79. The molecule has 3 nitrogen and oxygen atoms in total. The summed E-state index contributed by atoms with van der Waals surface area (Å²) in [5, 5.41) is 0. The van der Waals surface area contributed by atoms with E-state index in [9.17, 15) is 8.42 Å². The molecule has 0 saturated carbocycles. The van der Waals surface area contributed by atoms with Gasteiger partial charge in [0.1, 0.15) is 0 Å². The Morgan fingerprint density at radius 1 is 1.50 bits per heavy atom. The first-order valence-electron chi connectivity index (χ1n) is 2.01. The van der Waals surface area contributed by atoms with E-state index in [1.54, 1.807) is 6.92 Å². The van der Waals surface area contributed by atoms with E-state index in [1.807, 2.05) is 0 Å². The summed E-state index contributed by atoms with van der Waals surface area (Å²) in [4.78, 5) is 0. The molecule has 0 atom stereocenters. The zero-order chi connectivity index (χ0) is 5.91. The molecule has 0 aromatic rings. The first-order valence-corrected chi connectivity index (χ1v) is 3.62. The fraction of sp³-hybridized carbons (Fsp3) is 1.00. The average Bonchev–Trinajstić information content (AvgIpc) is 1.30. The Bertz CT molecular complexity index is 127. The zero-order valence-corrected chi connectivity index (χ0v) is 7.82. The summed E-state index contributed by atoms with van der Waals surface area (Å²) >= 11 is 0. The van der Waals surface area contributed by atoms with Crippen LogP contribution in [0.15, 0.2) is 0 Å². The fourth-order valence-corrected chi connectivity index (χ4v) is 0.774. The molecule has 0 aliphatic rings. The van der Waals surface area contributed by atoms with Crippen LogP contribution in [0.25, 0.3) is 0 Å². The minimum absolute atomic E-state index is 0. The topological polar surface area (TPSA) is 54.4 Å². The van der Waals surface area contributed by atoms with Crippen LogP contribution in [-0.4, -0.2) is 56.5 Å². The van der Waals surface area contributed by atoms with E-state index in [1.165, 1.54) is 0 Å². The van der Waals surface area contributed by atoms with E-state index in [0.717, 1.165) is 0 Å². The third-order valence-electron chi connectivity index (χ3n) is 0.462. The van der Waals surface area contributed by atoms with Crippen molar-refractivity contribution >= 4 is 47.9 Å². The van der Waals surface area contributed by atoms with Crippen molar-refractivity contribution in [2.75, 3.05) is 5.75 Å². The molecule has 0 fully saturated rings. The molecule has 0 saturated heterocycles. The van der Waals surface area contributed by atoms with Crippen molar-refractivity contribution in [2.45, 2.75) is 13.3 Å². The van der Waals surface area contributed by atoms with Crippen LogP contribution in [-0.2, 0) is 10.1 Å². The predicted molar refractivity (Wildman–Crippen MR) is 32.5 cm³/mol. The standard InChI is InChI=1S/C3H8O3S.Ca/c1-2-3-7(4,5)6;/h2-3H2,1H3,(H,4,5,6);. The average molecular weight is 164 g/mol. The Kier molecular flexibility index (Phi) is 7.43. The monoisotopic (exact) mass is 164 g/mol. The van der Waals surface area contributed by atoms with Gasteiger partial charge in [0, 0.05) is 37.7 Å².